The zero-order valence-electron chi connectivity index (χ0n) is 13.6. The molecule has 1 amide bonds. The minimum absolute atomic E-state index is 0.0118. The van der Waals surface area contributed by atoms with E-state index >= 15 is 0 Å². The van der Waals surface area contributed by atoms with Gasteiger partial charge in [0.2, 0.25) is 5.91 Å². The lowest BCUT2D eigenvalue weighted by molar-refractivity contribution is -0.126. The maximum Gasteiger partial charge on any atom is 0.231 e. The van der Waals surface area contributed by atoms with E-state index < -0.39 is 0 Å². The van der Waals surface area contributed by atoms with Crippen molar-refractivity contribution in [2.75, 3.05) is 5.32 Å². The number of fused-ring (bicyclic) bond motifs is 1. The molecule has 0 heterocycles. The molecule has 1 aliphatic rings. The van der Waals surface area contributed by atoms with Crippen molar-refractivity contribution in [2.24, 2.45) is 0 Å². The van der Waals surface area contributed by atoms with Crippen molar-refractivity contribution in [1.82, 2.24) is 0 Å². The lowest BCUT2D eigenvalue weighted by Crippen LogP contribution is -2.20. The van der Waals surface area contributed by atoms with Crippen LogP contribution in [0.4, 0.5) is 5.69 Å². The van der Waals surface area contributed by atoms with Crippen molar-refractivity contribution < 1.29 is 9.59 Å². The van der Waals surface area contributed by atoms with Crippen LogP contribution in [0.1, 0.15) is 41.0 Å². The third-order valence-electron chi connectivity index (χ3n) is 4.52. The van der Waals surface area contributed by atoms with E-state index in [-0.39, 0.29) is 24.0 Å². The predicted molar refractivity (Wildman–Crippen MR) is 91.7 cm³/mol. The van der Waals surface area contributed by atoms with Crippen molar-refractivity contribution >= 4 is 17.4 Å². The number of hydrogen-bond acceptors (Lipinski definition) is 2. The molecule has 0 saturated carbocycles. The number of Topliss-reactive ketones (excluding diaryl/α,β-unsaturated/α-hetero) is 1. The molecule has 1 N–H and O–H groups in total. The van der Waals surface area contributed by atoms with Crippen LogP contribution >= 0.6 is 0 Å². The highest BCUT2D eigenvalue weighted by molar-refractivity contribution is 6.06. The highest BCUT2D eigenvalue weighted by Gasteiger charge is 2.29. The number of carbonyl (C=O) groups excluding carboxylic acids is 2. The van der Waals surface area contributed by atoms with Gasteiger partial charge in [-0.15, -0.1) is 0 Å². The zero-order chi connectivity index (χ0) is 16.4. The molecule has 2 aromatic rings. The summed E-state index contributed by atoms with van der Waals surface area (Å²) in [6.07, 6.45) is 1.67. The van der Waals surface area contributed by atoms with E-state index in [1.54, 1.807) is 0 Å². The topological polar surface area (TPSA) is 46.2 Å². The summed E-state index contributed by atoms with van der Waals surface area (Å²) in [5.41, 5.74) is 5.21. The Balaban J connectivity index is 1.67. The number of anilines is 1. The monoisotopic (exact) mass is 307 g/mol. The first-order valence-corrected chi connectivity index (χ1v) is 8.02. The Labute approximate surface area is 136 Å². The second-order valence-electron chi connectivity index (χ2n) is 6.30. The largest absolute Gasteiger partial charge is 0.325 e. The van der Waals surface area contributed by atoms with Gasteiger partial charge in [-0.25, -0.2) is 0 Å². The Bertz CT molecular complexity index is 764. The lowest BCUT2D eigenvalue weighted by Gasteiger charge is -2.12. The van der Waals surface area contributed by atoms with Crippen LogP contribution in [-0.4, -0.2) is 11.7 Å². The molecule has 0 saturated heterocycles. The molecule has 0 radical (unpaired) electrons. The number of rotatable bonds is 4. The van der Waals surface area contributed by atoms with Crippen LogP contribution in [0.15, 0.2) is 42.5 Å². The average Bonchev–Trinajstić information content (AvgIpc) is 2.95. The molecule has 1 unspecified atom stereocenters. The molecule has 0 spiro atoms. The van der Waals surface area contributed by atoms with Gasteiger partial charge < -0.3 is 5.32 Å². The third-order valence-corrected chi connectivity index (χ3v) is 4.52. The van der Waals surface area contributed by atoms with Crippen molar-refractivity contribution in [2.45, 2.75) is 39.0 Å². The van der Waals surface area contributed by atoms with E-state index in [0.29, 0.717) is 0 Å². The fourth-order valence-corrected chi connectivity index (χ4v) is 3.24. The first kappa shape index (κ1) is 15.5. The molecule has 0 fully saturated rings. The summed E-state index contributed by atoms with van der Waals surface area (Å²) in [6.45, 7) is 3.93. The van der Waals surface area contributed by atoms with Crippen LogP contribution in [0.2, 0.25) is 0 Å². The number of carbonyl (C=O) groups is 2. The fraction of sp³-hybridized carbons (Fsp3) is 0.300. The number of aryl methyl sites for hydroxylation is 3. The van der Waals surface area contributed by atoms with E-state index in [1.807, 2.05) is 50.2 Å². The van der Waals surface area contributed by atoms with Crippen LogP contribution in [0.5, 0.6) is 0 Å². The maximum atomic E-state index is 12.5. The first-order chi connectivity index (χ1) is 11.0. The van der Waals surface area contributed by atoms with Gasteiger partial charge in [0.1, 0.15) is 5.78 Å². The number of hydrogen-bond donors (Lipinski definition) is 1. The SMILES string of the molecule is Cc1ccc(C)c(NC(=O)CC(=O)C2CCc3ccccc32)c1. The second kappa shape index (κ2) is 6.37. The molecule has 3 rings (SSSR count). The minimum Gasteiger partial charge on any atom is -0.325 e. The fourth-order valence-electron chi connectivity index (χ4n) is 3.24. The van der Waals surface area contributed by atoms with E-state index in [0.717, 1.165) is 35.2 Å². The molecule has 3 nitrogen and oxygen atoms in total. The predicted octanol–water partition coefficient (Wildman–Crippen LogP) is 3.93. The van der Waals surface area contributed by atoms with Crippen molar-refractivity contribution in [3.63, 3.8) is 0 Å². The van der Waals surface area contributed by atoms with Gasteiger partial charge in [-0.05, 0) is 55.0 Å². The molecule has 0 bridgehead atoms. The van der Waals surface area contributed by atoms with Crippen LogP contribution < -0.4 is 5.32 Å². The van der Waals surface area contributed by atoms with Gasteiger partial charge in [-0.3, -0.25) is 9.59 Å². The zero-order valence-corrected chi connectivity index (χ0v) is 13.6. The van der Waals surface area contributed by atoms with Gasteiger partial charge in [0, 0.05) is 11.6 Å². The Morgan fingerprint density at radius 2 is 1.91 bits per heavy atom. The molecule has 0 aromatic heterocycles. The number of nitrogens with one attached hydrogen (secondary N) is 1. The Kier molecular flexibility index (Phi) is 4.28. The summed E-state index contributed by atoms with van der Waals surface area (Å²) in [5, 5.41) is 2.87. The molecular weight excluding hydrogens is 286 g/mol. The van der Waals surface area contributed by atoms with Crippen LogP contribution in [-0.2, 0) is 16.0 Å². The summed E-state index contributed by atoms with van der Waals surface area (Å²) in [6, 6.07) is 13.9. The van der Waals surface area contributed by atoms with Gasteiger partial charge in [0.25, 0.3) is 0 Å². The highest BCUT2D eigenvalue weighted by atomic mass is 16.2. The van der Waals surface area contributed by atoms with E-state index in [2.05, 4.69) is 11.4 Å². The van der Waals surface area contributed by atoms with Gasteiger partial charge in [-0.1, -0.05) is 36.4 Å². The highest BCUT2D eigenvalue weighted by Crippen LogP contribution is 2.34. The molecule has 1 atom stereocenters. The standard InChI is InChI=1S/C20H21NO2/c1-13-7-8-14(2)18(11-13)21-20(23)12-19(22)17-10-9-15-5-3-4-6-16(15)17/h3-8,11,17H,9-10,12H2,1-2H3,(H,21,23). The van der Waals surface area contributed by atoms with E-state index in [1.165, 1.54) is 5.56 Å². The summed E-state index contributed by atoms with van der Waals surface area (Å²) in [7, 11) is 0. The Morgan fingerprint density at radius 3 is 2.74 bits per heavy atom. The molecule has 2 aromatic carbocycles. The molecule has 0 aliphatic heterocycles. The minimum atomic E-state index is -0.229. The van der Waals surface area contributed by atoms with Gasteiger partial charge >= 0.3 is 0 Å². The van der Waals surface area contributed by atoms with Crippen molar-refractivity contribution in [1.29, 1.82) is 0 Å². The van der Waals surface area contributed by atoms with Gasteiger partial charge in [0.05, 0.1) is 6.42 Å². The summed E-state index contributed by atoms with van der Waals surface area (Å²) in [5.74, 6) is -0.346. The van der Waals surface area contributed by atoms with Crippen LogP contribution in [0.3, 0.4) is 0 Å². The normalized spacial score (nSPS) is 16.0. The average molecular weight is 307 g/mol. The lowest BCUT2D eigenvalue weighted by atomic mass is 9.94. The smallest absolute Gasteiger partial charge is 0.231 e. The summed E-state index contributed by atoms with van der Waals surface area (Å²) >= 11 is 0. The van der Waals surface area contributed by atoms with E-state index in [9.17, 15) is 9.59 Å². The number of amides is 1. The number of ketones is 1. The quantitative estimate of drug-likeness (QED) is 0.870. The first-order valence-electron chi connectivity index (χ1n) is 8.02. The van der Waals surface area contributed by atoms with Crippen molar-refractivity contribution in [3.05, 3.63) is 64.7 Å². The molecule has 23 heavy (non-hydrogen) atoms. The molecule has 3 heteroatoms. The maximum absolute atomic E-state index is 12.5. The second-order valence-corrected chi connectivity index (χ2v) is 6.30. The van der Waals surface area contributed by atoms with Gasteiger partial charge in [0.15, 0.2) is 0 Å². The molecule has 1 aliphatic carbocycles. The number of benzene rings is 2. The van der Waals surface area contributed by atoms with Crippen LogP contribution in [0, 0.1) is 13.8 Å². The van der Waals surface area contributed by atoms with E-state index in [4.69, 9.17) is 0 Å². The summed E-state index contributed by atoms with van der Waals surface area (Å²) < 4.78 is 0. The van der Waals surface area contributed by atoms with Crippen molar-refractivity contribution in [3.8, 4) is 0 Å². The Morgan fingerprint density at radius 1 is 1.13 bits per heavy atom. The van der Waals surface area contributed by atoms with Gasteiger partial charge in [-0.2, -0.15) is 0 Å². The molecule has 118 valence electrons. The molecular formula is C20H21NO2. The van der Waals surface area contributed by atoms with Crippen LogP contribution in [0.25, 0.3) is 0 Å². The third kappa shape index (κ3) is 3.34. The summed E-state index contributed by atoms with van der Waals surface area (Å²) in [4.78, 5) is 24.7. The Hall–Kier alpha value is -2.42.